The fourth-order valence-corrected chi connectivity index (χ4v) is 22.1. The molecule has 22 rings (SSSR count). The summed E-state index contributed by atoms with van der Waals surface area (Å²) in [5.74, 6) is 7.28. The lowest BCUT2D eigenvalue weighted by Gasteiger charge is -2.64. The topological polar surface area (TPSA) is 21.3 Å². The molecule has 9 aromatic carbocycles. The summed E-state index contributed by atoms with van der Waals surface area (Å²) in [6, 6.07) is 62.5. The second kappa shape index (κ2) is 13.3. The first-order valence-corrected chi connectivity index (χ1v) is 30.2. The van der Waals surface area contributed by atoms with Crippen molar-refractivity contribution in [2.24, 2.45) is 52.3 Å². The minimum absolute atomic E-state index is 0.0351. The molecular weight excluding hydrogens is 944 g/mol. The third-order valence-corrected chi connectivity index (χ3v) is 25.0. The van der Waals surface area contributed by atoms with Crippen LogP contribution in [-0.2, 0) is 10.8 Å². The fourth-order valence-electron chi connectivity index (χ4n) is 22.1. The molecule has 78 heavy (non-hydrogen) atoms. The number of nitrogens with zero attached hydrogens (tertiary/aromatic N) is 2. The molecule has 2 aromatic heterocycles. The lowest BCUT2D eigenvalue weighted by molar-refractivity contribution is -0.149. The smallest absolute Gasteiger partial charge is 0.337 e. The predicted molar refractivity (Wildman–Crippen MR) is 322 cm³/mol. The van der Waals surface area contributed by atoms with Crippen LogP contribution in [0.1, 0.15) is 101 Å². The molecule has 9 aliphatic carbocycles. The molecule has 2 spiro atoms. The maximum Gasteiger partial charge on any atom is 0.337 e. The van der Waals surface area contributed by atoms with Crippen LogP contribution in [0, 0.1) is 52.3 Å². The number of hydrogen-bond acceptors (Lipinski definition) is 2. The average Bonchev–Trinajstić information content (AvgIpc) is 3.82. The van der Waals surface area contributed by atoms with Crippen LogP contribution in [0.3, 0.4) is 0 Å². The number of fused-ring (bicyclic) bond motifs is 15. The van der Waals surface area contributed by atoms with Gasteiger partial charge in [0.1, 0.15) is 11.2 Å². The molecule has 0 amide bonds. The summed E-state index contributed by atoms with van der Waals surface area (Å²) >= 11 is 0. The fraction of sp³-hybridized carbons (Fsp3) is 0.324. The molecule has 4 heterocycles. The Hall–Kier alpha value is -7.04. The Morgan fingerprint density at radius 1 is 0.564 bits per heavy atom. The highest BCUT2D eigenvalue weighted by Gasteiger charge is 2.77. The summed E-state index contributed by atoms with van der Waals surface area (Å²) in [7, 11) is 0. The number of anilines is 3. The van der Waals surface area contributed by atoms with Crippen molar-refractivity contribution in [2.75, 3.05) is 4.90 Å². The van der Waals surface area contributed by atoms with E-state index >= 15 is 0 Å². The van der Waals surface area contributed by atoms with Gasteiger partial charge in [0.05, 0.1) is 11.4 Å². The zero-order chi connectivity index (χ0) is 50.7. The van der Waals surface area contributed by atoms with Crippen LogP contribution in [-0.4, -0.2) is 11.3 Å². The summed E-state index contributed by atoms with van der Waals surface area (Å²) in [5, 5.41) is 10.4. The van der Waals surface area contributed by atoms with E-state index < -0.39 is 0 Å². The van der Waals surface area contributed by atoms with E-state index in [1.807, 2.05) is 0 Å². The van der Waals surface area contributed by atoms with Gasteiger partial charge < -0.3 is 13.8 Å². The van der Waals surface area contributed by atoms with Gasteiger partial charge in [0.25, 0.3) is 0 Å². The second-order valence-corrected chi connectivity index (χ2v) is 28.6. The standard InChI is InChI=1S/C74H61BN2O/c1-71(2,3)45-17-20-62(52(30-45)39-11-5-4-6-12-39)76-64-22-19-51-55-24-40-13-7-8-14-41(40)28-65(55)78-70(51)67(64)75-66-56(25-42-15-9-10-16-50(42)69(66)76)58-27-43(59-36-74-47-29-48(74)33-60(74)53(59)32-47)26-57-54-31-46(18-21-63(54)77(75)68(57)58)72-35-49-23-44-34-73(49,38-72)61(44)37-72/h4-22,24-28,30-31,44,47-49,53,59-61H,23,29,32-38H2,1-3H3/t44?,47?,48?,49?,53-,59?,60?,61?,72?,73?,74?/m0/s1. The highest BCUT2D eigenvalue weighted by molar-refractivity contribution is 6.92. The molecule has 9 saturated carbocycles. The van der Waals surface area contributed by atoms with Crippen molar-refractivity contribution in [3.05, 3.63) is 174 Å². The van der Waals surface area contributed by atoms with E-state index in [4.69, 9.17) is 4.42 Å². The van der Waals surface area contributed by atoms with E-state index in [0.717, 1.165) is 52.6 Å². The molecule has 10 unspecified atom stereocenters. The van der Waals surface area contributed by atoms with Crippen LogP contribution in [0.15, 0.2) is 162 Å². The molecular formula is C74H61BN2O. The lowest BCUT2D eigenvalue weighted by Crippen LogP contribution is -2.57. The number of benzene rings is 9. The first-order chi connectivity index (χ1) is 38.1. The molecule has 0 N–H and O–H groups in total. The summed E-state index contributed by atoms with van der Waals surface area (Å²) in [6.07, 6.45) is 13.1. The van der Waals surface area contributed by atoms with Crippen LogP contribution in [0.5, 0.6) is 0 Å². The third kappa shape index (κ3) is 4.64. The molecule has 3 nitrogen and oxygen atoms in total. The van der Waals surface area contributed by atoms with Gasteiger partial charge in [-0.05, 0) is 243 Å². The van der Waals surface area contributed by atoms with Crippen LogP contribution in [0.4, 0.5) is 17.1 Å². The lowest BCUT2D eigenvalue weighted by atomic mass is 9.41. The number of furan rings is 1. The molecule has 2 aliphatic heterocycles. The summed E-state index contributed by atoms with van der Waals surface area (Å²) in [5.41, 5.74) is 22.6. The molecule has 0 saturated heterocycles. The van der Waals surface area contributed by atoms with Gasteiger partial charge in [0.2, 0.25) is 0 Å². The second-order valence-electron chi connectivity index (χ2n) is 28.6. The predicted octanol–water partition coefficient (Wildman–Crippen LogP) is 17.6. The molecule has 0 radical (unpaired) electrons. The van der Waals surface area contributed by atoms with Crippen LogP contribution >= 0.6 is 0 Å². The summed E-state index contributed by atoms with van der Waals surface area (Å²) in [6.45, 7) is 6.91. The molecule has 376 valence electrons. The Morgan fingerprint density at radius 2 is 1.38 bits per heavy atom. The van der Waals surface area contributed by atoms with Crippen LogP contribution in [0.2, 0.25) is 0 Å². The highest BCUT2D eigenvalue weighted by atomic mass is 16.3. The van der Waals surface area contributed by atoms with Gasteiger partial charge in [0.15, 0.2) is 0 Å². The number of hydrogen-bond donors (Lipinski definition) is 0. The molecule has 9 fully saturated rings. The van der Waals surface area contributed by atoms with Crippen molar-refractivity contribution >= 4 is 100 Å². The van der Waals surface area contributed by atoms with Gasteiger partial charge in [-0.3, -0.25) is 0 Å². The van der Waals surface area contributed by atoms with Crippen molar-refractivity contribution < 1.29 is 4.42 Å². The van der Waals surface area contributed by atoms with Gasteiger partial charge in [0, 0.05) is 60.2 Å². The Labute approximate surface area is 455 Å². The average molecular weight is 1010 g/mol. The van der Waals surface area contributed by atoms with Crippen molar-refractivity contribution in [1.29, 1.82) is 0 Å². The normalized spacial score (nSPS) is 31.4. The van der Waals surface area contributed by atoms with E-state index in [0.29, 0.717) is 22.2 Å². The van der Waals surface area contributed by atoms with E-state index in [2.05, 4.69) is 188 Å². The molecule has 4 heteroatoms. The zero-order valence-corrected chi connectivity index (χ0v) is 44.9. The molecule has 11 atom stereocenters. The van der Waals surface area contributed by atoms with Crippen molar-refractivity contribution in [1.82, 2.24) is 4.48 Å². The Kier molecular flexibility index (Phi) is 7.18. The Bertz CT molecular complexity index is 4630. The van der Waals surface area contributed by atoms with E-state index in [1.165, 1.54) is 168 Å². The monoisotopic (exact) mass is 1000 g/mol. The van der Waals surface area contributed by atoms with Crippen LogP contribution in [0.25, 0.3) is 87.5 Å². The first kappa shape index (κ1) is 42.0. The van der Waals surface area contributed by atoms with Crippen LogP contribution < -0.4 is 15.8 Å². The molecule has 11 aliphatic rings. The SMILES string of the molecule is CC(C)(C)c1ccc(N2c3ccc4c(oc5cc6ccccc6cc54)c3B3c4c(cc5ccccc5c42)-c2cc(C4CC56C7CC5C[C@@H]4C6C7)cc4c5cc(C67CC8CC9CC8(C6)C9C7)ccc5n3c24)c(-c2ccccc2)c1. The van der Waals surface area contributed by atoms with Gasteiger partial charge in [-0.1, -0.05) is 112 Å². The maximum atomic E-state index is 7.56. The summed E-state index contributed by atoms with van der Waals surface area (Å²) in [4.78, 5) is 2.70. The molecule has 5 bridgehead atoms. The Balaban J connectivity index is 0.902. The van der Waals surface area contributed by atoms with Crippen molar-refractivity contribution in [3.63, 3.8) is 0 Å². The van der Waals surface area contributed by atoms with Gasteiger partial charge in [-0.15, -0.1) is 0 Å². The molecule has 11 aromatic rings. The van der Waals surface area contributed by atoms with Gasteiger partial charge in [-0.2, -0.15) is 0 Å². The zero-order valence-electron chi connectivity index (χ0n) is 44.9. The summed E-state index contributed by atoms with van der Waals surface area (Å²) < 4.78 is 10.4. The van der Waals surface area contributed by atoms with Crippen molar-refractivity contribution in [3.8, 4) is 22.3 Å². The minimum Gasteiger partial charge on any atom is -0.456 e. The minimum atomic E-state index is -0.144. The van der Waals surface area contributed by atoms with E-state index in [9.17, 15) is 0 Å². The quantitative estimate of drug-likeness (QED) is 0.164. The van der Waals surface area contributed by atoms with Crippen molar-refractivity contribution in [2.45, 2.75) is 95.3 Å². The number of rotatable bonds is 4. The largest absolute Gasteiger partial charge is 0.456 e. The highest BCUT2D eigenvalue weighted by Crippen LogP contribution is 2.85. The third-order valence-electron chi connectivity index (χ3n) is 25.0. The van der Waals surface area contributed by atoms with E-state index in [-0.39, 0.29) is 12.3 Å². The number of aromatic nitrogens is 1. The first-order valence-electron chi connectivity index (χ1n) is 30.2. The Morgan fingerprint density at radius 3 is 2.22 bits per heavy atom. The van der Waals surface area contributed by atoms with Gasteiger partial charge >= 0.3 is 6.85 Å². The van der Waals surface area contributed by atoms with Gasteiger partial charge in [-0.25, -0.2) is 0 Å². The maximum absolute atomic E-state index is 7.56. The van der Waals surface area contributed by atoms with E-state index in [1.54, 1.807) is 11.1 Å².